The molecule has 2 heterocycles. The second-order valence-electron chi connectivity index (χ2n) is 4.31. The molecule has 0 unspecified atom stereocenters. The topological polar surface area (TPSA) is 78.0 Å². The highest BCUT2D eigenvalue weighted by atomic mass is 79.9. The smallest absolute Gasteiger partial charge is 0.153 e. The van der Waals surface area contributed by atoms with Crippen LogP contribution in [0.25, 0.3) is 0 Å². The van der Waals surface area contributed by atoms with Crippen LogP contribution < -0.4 is 10.6 Å². The first-order chi connectivity index (χ1) is 9.10. The average molecular weight is 393 g/mol. The molecule has 1 aromatic rings. The standard InChI is InChI=1S/C11H15Br2N5O/c12-8-5-9(13)11(15-6-8)18-3-1-17(2-4-18)7-10(14)16-19/h5-6,19H,1-4,7H2,(H2,14,16). The number of hydrogen-bond acceptors (Lipinski definition) is 5. The van der Waals surface area contributed by atoms with Crippen molar-refractivity contribution in [2.75, 3.05) is 37.6 Å². The van der Waals surface area contributed by atoms with Gasteiger partial charge >= 0.3 is 0 Å². The Balaban J connectivity index is 1.96. The fourth-order valence-electron chi connectivity index (χ4n) is 2.02. The quantitative estimate of drug-likeness (QED) is 0.352. The lowest BCUT2D eigenvalue weighted by Gasteiger charge is -2.35. The van der Waals surface area contributed by atoms with Crippen LogP contribution in [0.4, 0.5) is 5.82 Å². The van der Waals surface area contributed by atoms with Gasteiger partial charge in [0.05, 0.1) is 11.0 Å². The molecule has 1 aliphatic rings. The number of halogens is 2. The van der Waals surface area contributed by atoms with Gasteiger partial charge in [-0.05, 0) is 37.9 Å². The van der Waals surface area contributed by atoms with E-state index in [1.54, 1.807) is 6.20 Å². The van der Waals surface area contributed by atoms with E-state index in [0.717, 1.165) is 40.9 Å². The van der Waals surface area contributed by atoms with Crippen LogP contribution in [0.2, 0.25) is 0 Å². The first-order valence-corrected chi connectivity index (χ1v) is 7.43. The second kappa shape index (κ2) is 6.53. The summed E-state index contributed by atoms with van der Waals surface area (Å²) >= 11 is 6.92. The van der Waals surface area contributed by atoms with Gasteiger partial charge in [0.2, 0.25) is 0 Å². The number of piperazine rings is 1. The van der Waals surface area contributed by atoms with Gasteiger partial charge in [-0.25, -0.2) is 4.98 Å². The van der Waals surface area contributed by atoms with E-state index in [-0.39, 0.29) is 5.84 Å². The molecule has 2 rings (SSSR count). The summed E-state index contributed by atoms with van der Waals surface area (Å²) in [6.45, 7) is 3.96. The van der Waals surface area contributed by atoms with Gasteiger partial charge < -0.3 is 15.8 Å². The number of aromatic nitrogens is 1. The Hall–Kier alpha value is -0.860. The van der Waals surface area contributed by atoms with E-state index in [4.69, 9.17) is 10.9 Å². The van der Waals surface area contributed by atoms with Gasteiger partial charge in [0, 0.05) is 36.8 Å². The van der Waals surface area contributed by atoms with Crippen LogP contribution in [0, 0.1) is 0 Å². The molecule has 1 saturated heterocycles. The highest BCUT2D eigenvalue weighted by molar-refractivity contribution is 9.11. The van der Waals surface area contributed by atoms with Gasteiger partial charge in [-0.1, -0.05) is 5.16 Å². The molecule has 0 atom stereocenters. The van der Waals surface area contributed by atoms with Gasteiger partial charge in [0.15, 0.2) is 5.84 Å². The maximum atomic E-state index is 8.56. The number of nitrogens with two attached hydrogens (primary N) is 1. The fourth-order valence-corrected chi connectivity index (χ4v) is 3.26. The Morgan fingerprint density at radius 1 is 1.37 bits per heavy atom. The first kappa shape index (κ1) is 14.5. The number of amidine groups is 1. The van der Waals surface area contributed by atoms with Gasteiger partial charge in [0.1, 0.15) is 5.82 Å². The summed E-state index contributed by atoms with van der Waals surface area (Å²) in [6, 6.07) is 1.99. The zero-order valence-electron chi connectivity index (χ0n) is 10.3. The van der Waals surface area contributed by atoms with E-state index in [2.05, 4.69) is 51.8 Å². The van der Waals surface area contributed by atoms with Gasteiger partial charge in [-0.3, -0.25) is 4.90 Å². The molecule has 104 valence electrons. The summed E-state index contributed by atoms with van der Waals surface area (Å²) in [7, 11) is 0. The number of pyridine rings is 1. The lowest BCUT2D eigenvalue weighted by Crippen LogP contribution is -2.49. The van der Waals surface area contributed by atoms with Gasteiger partial charge in [-0.15, -0.1) is 0 Å². The minimum Gasteiger partial charge on any atom is -0.409 e. The molecular weight excluding hydrogens is 378 g/mol. The van der Waals surface area contributed by atoms with E-state index < -0.39 is 0 Å². The molecule has 0 amide bonds. The third kappa shape index (κ3) is 3.80. The van der Waals surface area contributed by atoms with E-state index in [9.17, 15) is 0 Å². The number of anilines is 1. The molecule has 8 heteroatoms. The van der Waals surface area contributed by atoms with Crippen molar-refractivity contribution in [2.45, 2.75) is 0 Å². The largest absolute Gasteiger partial charge is 0.409 e. The van der Waals surface area contributed by atoms with Crippen molar-refractivity contribution in [1.82, 2.24) is 9.88 Å². The SMILES string of the molecule is NC(CN1CCN(c2ncc(Br)cc2Br)CC1)=NO. The molecule has 6 nitrogen and oxygen atoms in total. The summed E-state index contributed by atoms with van der Waals surface area (Å²) in [5.74, 6) is 1.20. The summed E-state index contributed by atoms with van der Waals surface area (Å²) < 4.78 is 1.93. The first-order valence-electron chi connectivity index (χ1n) is 5.85. The lowest BCUT2D eigenvalue weighted by atomic mass is 10.3. The molecule has 0 radical (unpaired) electrons. The lowest BCUT2D eigenvalue weighted by molar-refractivity contribution is 0.278. The average Bonchev–Trinajstić information content (AvgIpc) is 2.40. The molecule has 0 saturated carbocycles. The molecular formula is C11H15Br2N5O. The Morgan fingerprint density at radius 2 is 2.05 bits per heavy atom. The maximum absolute atomic E-state index is 8.56. The molecule has 0 aromatic carbocycles. The van der Waals surface area contributed by atoms with E-state index in [1.807, 2.05) is 6.07 Å². The monoisotopic (exact) mass is 391 g/mol. The zero-order valence-corrected chi connectivity index (χ0v) is 13.4. The molecule has 3 N–H and O–H groups in total. The minimum atomic E-state index is 0.247. The third-order valence-corrected chi connectivity index (χ3v) is 3.99. The van der Waals surface area contributed by atoms with E-state index >= 15 is 0 Å². The second-order valence-corrected chi connectivity index (χ2v) is 6.08. The van der Waals surface area contributed by atoms with Crippen LogP contribution in [-0.4, -0.2) is 53.7 Å². The van der Waals surface area contributed by atoms with Crippen molar-refractivity contribution >= 4 is 43.5 Å². The fraction of sp³-hybridized carbons (Fsp3) is 0.455. The Morgan fingerprint density at radius 3 is 2.63 bits per heavy atom. The normalized spacial score (nSPS) is 17.8. The maximum Gasteiger partial charge on any atom is 0.153 e. The van der Waals surface area contributed by atoms with E-state index in [1.165, 1.54) is 0 Å². The van der Waals surface area contributed by atoms with Crippen LogP contribution in [-0.2, 0) is 0 Å². The van der Waals surface area contributed by atoms with Crippen molar-refractivity contribution in [1.29, 1.82) is 0 Å². The van der Waals surface area contributed by atoms with Crippen molar-refractivity contribution in [3.05, 3.63) is 21.2 Å². The predicted octanol–water partition coefficient (Wildman–Crippen LogP) is 1.48. The number of oxime groups is 1. The van der Waals surface area contributed by atoms with Gasteiger partial charge in [-0.2, -0.15) is 0 Å². The molecule has 0 aliphatic carbocycles. The predicted molar refractivity (Wildman–Crippen MR) is 81.7 cm³/mol. The van der Waals surface area contributed by atoms with Gasteiger partial charge in [0.25, 0.3) is 0 Å². The summed E-state index contributed by atoms with van der Waals surface area (Å²) in [6.07, 6.45) is 1.79. The molecule has 0 bridgehead atoms. The Bertz CT molecular complexity index is 474. The third-order valence-electron chi connectivity index (χ3n) is 2.97. The van der Waals surface area contributed by atoms with Crippen LogP contribution in [0.5, 0.6) is 0 Å². The molecule has 0 spiro atoms. The van der Waals surface area contributed by atoms with Crippen LogP contribution in [0.1, 0.15) is 0 Å². The molecule has 1 aliphatic heterocycles. The van der Waals surface area contributed by atoms with E-state index in [0.29, 0.717) is 6.54 Å². The van der Waals surface area contributed by atoms with Crippen LogP contribution in [0.15, 0.2) is 26.4 Å². The number of rotatable bonds is 3. The van der Waals surface area contributed by atoms with Crippen molar-refractivity contribution in [2.24, 2.45) is 10.9 Å². The van der Waals surface area contributed by atoms with Crippen molar-refractivity contribution < 1.29 is 5.21 Å². The summed E-state index contributed by atoms with van der Waals surface area (Å²) in [4.78, 5) is 8.80. The summed E-state index contributed by atoms with van der Waals surface area (Å²) in [5.41, 5.74) is 5.51. The van der Waals surface area contributed by atoms with Crippen molar-refractivity contribution in [3.63, 3.8) is 0 Å². The minimum absolute atomic E-state index is 0.247. The van der Waals surface area contributed by atoms with Crippen molar-refractivity contribution in [3.8, 4) is 0 Å². The Labute approximate surface area is 128 Å². The number of hydrogen-bond donors (Lipinski definition) is 2. The summed E-state index contributed by atoms with van der Waals surface area (Å²) in [5, 5.41) is 11.6. The molecule has 1 fully saturated rings. The zero-order chi connectivity index (χ0) is 13.8. The van der Waals surface area contributed by atoms with Crippen LogP contribution in [0.3, 0.4) is 0 Å². The molecule has 19 heavy (non-hydrogen) atoms. The Kier molecular flexibility index (Phi) is 5.00. The van der Waals surface area contributed by atoms with Crippen LogP contribution >= 0.6 is 31.9 Å². The number of nitrogens with zero attached hydrogens (tertiary/aromatic N) is 4. The highest BCUT2D eigenvalue weighted by Crippen LogP contribution is 2.27. The molecule has 1 aromatic heterocycles. The highest BCUT2D eigenvalue weighted by Gasteiger charge is 2.20.